The van der Waals surface area contributed by atoms with E-state index in [-0.39, 0.29) is 0 Å². The fraction of sp³-hybridized carbons (Fsp3) is 1.00. The largest absolute Gasteiger partial charge is 0.304 e. The third-order valence-electron chi connectivity index (χ3n) is 0.621. The summed E-state index contributed by atoms with van der Waals surface area (Å²) in [6.07, 6.45) is -0.792. The molecule has 0 fully saturated rings. The van der Waals surface area contributed by atoms with Gasteiger partial charge in [-0.3, -0.25) is 0 Å². The first-order valence-corrected chi connectivity index (χ1v) is 3.26. The summed E-state index contributed by atoms with van der Waals surface area (Å²) < 4.78 is 36.2. The van der Waals surface area contributed by atoms with Crippen LogP contribution < -0.4 is 0 Å². The van der Waals surface area contributed by atoms with Crippen LogP contribution in [0.4, 0.5) is 13.2 Å². The van der Waals surface area contributed by atoms with Crippen LogP contribution in [-0.4, -0.2) is 10.5 Å². The van der Waals surface area contributed by atoms with Crippen molar-refractivity contribution in [2.24, 2.45) is 0 Å². The van der Waals surface area contributed by atoms with Gasteiger partial charge in [0.1, 0.15) is 5.67 Å². The first-order chi connectivity index (χ1) is 3.71. The quantitative estimate of drug-likeness (QED) is 0.607. The van der Waals surface area contributed by atoms with Gasteiger partial charge in [-0.25, -0.2) is 4.39 Å². The lowest BCUT2D eigenvalue weighted by molar-refractivity contribution is 0.0404. The van der Waals surface area contributed by atoms with Crippen LogP contribution in [0.25, 0.3) is 0 Å². The lowest BCUT2D eigenvalue weighted by Crippen LogP contribution is -2.21. The maximum atomic E-state index is 12.4. The smallest absolute Gasteiger partial charge is 0.244 e. The van der Waals surface area contributed by atoms with Crippen molar-refractivity contribution in [1.29, 1.82) is 0 Å². The lowest BCUT2D eigenvalue weighted by atomic mass is 10.1. The standard InChI is InChI=1S/C5H8BrF3/c1-4(2,7)3-5(6,8)9/h3H2,1-2H3. The Kier molecular flexibility index (Phi) is 2.56. The fourth-order valence-corrected chi connectivity index (χ4v) is 1.14. The Labute approximate surface area is 60.6 Å². The van der Waals surface area contributed by atoms with Crippen molar-refractivity contribution < 1.29 is 13.2 Å². The van der Waals surface area contributed by atoms with E-state index in [1.54, 1.807) is 0 Å². The van der Waals surface area contributed by atoms with Gasteiger partial charge in [0.2, 0.25) is 0 Å². The Morgan fingerprint density at radius 1 is 1.22 bits per heavy atom. The highest BCUT2D eigenvalue weighted by Gasteiger charge is 2.33. The predicted octanol–water partition coefficient (Wildman–Crippen LogP) is 3.11. The van der Waals surface area contributed by atoms with Crippen LogP contribution in [0.15, 0.2) is 0 Å². The Bertz CT molecular complexity index is 77.4. The topological polar surface area (TPSA) is 0 Å². The average molecular weight is 205 g/mol. The molecule has 56 valence electrons. The van der Waals surface area contributed by atoms with Crippen molar-refractivity contribution in [2.75, 3.05) is 0 Å². The number of hydrogen-bond donors (Lipinski definition) is 0. The lowest BCUT2D eigenvalue weighted by Gasteiger charge is -2.16. The van der Waals surface area contributed by atoms with Gasteiger partial charge in [0.15, 0.2) is 0 Å². The molecule has 9 heavy (non-hydrogen) atoms. The van der Waals surface area contributed by atoms with Crippen LogP contribution in [0.3, 0.4) is 0 Å². The molecule has 0 saturated heterocycles. The normalized spacial score (nSPS) is 14.0. The molecule has 0 nitrogen and oxygen atoms in total. The minimum absolute atomic E-state index is 0.792. The molecular weight excluding hydrogens is 197 g/mol. The van der Waals surface area contributed by atoms with Gasteiger partial charge in [-0.2, -0.15) is 8.78 Å². The van der Waals surface area contributed by atoms with Crippen LogP contribution in [0.5, 0.6) is 0 Å². The number of halogens is 4. The van der Waals surface area contributed by atoms with E-state index in [9.17, 15) is 13.2 Å². The van der Waals surface area contributed by atoms with E-state index < -0.39 is 16.9 Å². The van der Waals surface area contributed by atoms with E-state index in [0.717, 1.165) is 13.8 Å². The van der Waals surface area contributed by atoms with Crippen molar-refractivity contribution in [2.45, 2.75) is 30.8 Å². The molecule has 0 aromatic heterocycles. The van der Waals surface area contributed by atoms with Gasteiger partial charge in [0.25, 0.3) is 0 Å². The van der Waals surface area contributed by atoms with Gasteiger partial charge in [-0.15, -0.1) is 0 Å². The zero-order valence-corrected chi connectivity index (χ0v) is 6.80. The highest BCUT2D eigenvalue weighted by atomic mass is 79.9. The monoisotopic (exact) mass is 204 g/mol. The van der Waals surface area contributed by atoms with E-state index >= 15 is 0 Å². The molecule has 0 spiro atoms. The van der Waals surface area contributed by atoms with Gasteiger partial charge in [0, 0.05) is 0 Å². The Balaban J connectivity index is 3.75. The molecule has 0 rings (SSSR count). The molecule has 0 aromatic carbocycles. The molecule has 0 radical (unpaired) electrons. The molecule has 0 atom stereocenters. The van der Waals surface area contributed by atoms with E-state index in [1.807, 2.05) is 15.9 Å². The molecule has 0 N–H and O–H groups in total. The second-order valence-electron chi connectivity index (χ2n) is 2.51. The summed E-state index contributed by atoms with van der Waals surface area (Å²) in [5.41, 5.74) is -1.81. The van der Waals surface area contributed by atoms with E-state index in [1.165, 1.54) is 0 Å². The molecule has 0 heterocycles. The van der Waals surface area contributed by atoms with Gasteiger partial charge in [-0.1, -0.05) is 0 Å². The minimum atomic E-state index is -3.08. The summed E-state index contributed by atoms with van der Waals surface area (Å²) >= 11 is 2.04. The SMILES string of the molecule is CC(C)(F)CC(F)(F)Br. The molecule has 0 aromatic rings. The first kappa shape index (κ1) is 9.27. The minimum Gasteiger partial charge on any atom is -0.244 e. The van der Waals surface area contributed by atoms with Crippen molar-refractivity contribution in [3.8, 4) is 0 Å². The highest BCUT2D eigenvalue weighted by Crippen LogP contribution is 2.33. The van der Waals surface area contributed by atoms with E-state index in [4.69, 9.17) is 0 Å². The Hall–Kier alpha value is 0.270. The summed E-state index contributed by atoms with van der Waals surface area (Å²) in [7, 11) is 0. The van der Waals surface area contributed by atoms with Gasteiger partial charge in [-0.05, 0) is 29.8 Å². The number of rotatable bonds is 2. The zero-order valence-electron chi connectivity index (χ0n) is 5.22. The van der Waals surface area contributed by atoms with Gasteiger partial charge < -0.3 is 0 Å². The zero-order chi connectivity index (χ0) is 7.71. The van der Waals surface area contributed by atoms with Crippen LogP contribution in [0, 0.1) is 0 Å². The van der Waals surface area contributed by atoms with Crippen LogP contribution >= 0.6 is 15.9 Å². The van der Waals surface area contributed by atoms with E-state index in [0.29, 0.717) is 0 Å². The van der Waals surface area contributed by atoms with Gasteiger partial charge >= 0.3 is 4.83 Å². The maximum absolute atomic E-state index is 12.4. The summed E-state index contributed by atoms with van der Waals surface area (Å²) in [6, 6.07) is 0. The van der Waals surface area contributed by atoms with Gasteiger partial charge in [0.05, 0.1) is 6.42 Å². The first-order valence-electron chi connectivity index (χ1n) is 2.46. The molecule has 4 heteroatoms. The summed E-state index contributed by atoms with van der Waals surface area (Å²) in [5, 5.41) is 0. The second-order valence-corrected chi connectivity index (χ2v) is 3.67. The summed E-state index contributed by atoms with van der Waals surface area (Å²) in [4.78, 5) is -3.08. The van der Waals surface area contributed by atoms with Crippen molar-refractivity contribution in [3.05, 3.63) is 0 Å². The van der Waals surface area contributed by atoms with Crippen molar-refractivity contribution in [1.82, 2.24) is 0 Å². The molecule has 0 amide bonds. The molecule has 0 aliphatic rings. The molecule has 0 bridgehead atoms. The molecule has 0 aliphatic heterocycles. The number of alkyl halides is 4. The third kappa shape index (κ3) is 8.27. The predicted molar refractivity (Wildman–Crippen MR) is 33.7 cm³/mol. The fourth-order valence-electron chi connectivity index (χ4n) is 0.477. The molecule has 0 unspecified atom stereocenters. The highest BCUT2D eigenvalue weighted by molar-refractivity contribution is 9.10. The molecule has 0 saturated carbocycles. The van der Waals surface area contributed by atoms with Crippen molar-refractivity contribution in [3.63, 3.8) is 0 Å². The maximum Gasteiger partial charge on any atom is 0.304 e. The Morgan fingerprint density at radius 2 is 1.56 bits per heavy atom. The van der Waals surface area contributed by atoms with E-state index in [2.05, 4.69) is 0 Å². The molecular formula is C5H8BrF3. The summed E-state index contributed by atoms with van der Waals surface area (Å²) in [5.74, 6) is 0. The van der Waals surface area contributed by atoms with Crippen LogP contribution in [-0.2, 0) is 0 Å². The van der Waals surface area contributed by atoms with Crippen LogP contribution in [0.2, 0.25) is 0 Å². The van der Waals surface area contributed by atoms with Crippen molar-refractivity contribution >= 4 is 15.9 Å². The average Bonchev–Trinajstić information content (AvgIpc) is 1.14. The Morgan fingerprint density at radius 3 is 1.56 bits per heavy atom. The third-order valence-corrected chi connectivity index (χ3v) is 0.901. The molecule has 0 aliphatic carbocycles. The summed E-state index contributed by atoms with van der Waals surface area (Å²) in [6.45, 7) is 2.23. The second kappa shape index (κ2) is 2.48. The number of hydrogen-bond acceptors (Lipinski definition) is 0. The van der Waals surface area contributed by atoms with Crippen LogP contribution in [0.1, 0.15) is 20.3 Å².